The smallest absolute Gasteiger partial charge is 0.266 e. The maximum Gasteiger partial charge on any atom is 0.266 e. The molecule has 0 spiro atoms. The number of ether oxygens (including phenoxy) is 1. The Morgan fingerprint density at radius 2 is 1.92 bits per heavy atom. The Bertz CT molecular complexity index is 802. The number of amides is 4. The molecule has 2 saturated heterocycles. The lowest BCUT2D eigenvalue weighted by molar-refractivity contribution is -0.136. The average molecular weight is 357 g/mol. The van der Waals surface area contributed by atoms with Crippen molar-refractivity contribution in [1.82, 2.24) is 15.5 Å². The molecule has 8 heteroatoms. The van der Waals surface area contributed by atoms with Gasteiger partial charge in [-0.25, -0.2) is 0 Å². The van der Waals surface area contributed by atoms with Crippen molar-refractivity contribution in [3.63, 3.8) is 0 Å². The van der Waals surface area contributed by atoms with Gasteiger partial charge in [-0.1, -0.05) is 6.07 Å². The van der Waals surface area contributed by atoms with Gasteiger partial charge in [-0.2, -0.15) is 0 Å². The summed E-state index contributed by atoms with van der Waals surface area (Å²) in [7, 11) is 0. The van der Waals surface area contributed by atoms with Gasteiger partial charge in [-0.15, -0.1) is 0 Å². The van der Waals surface area contributed by atoms with E-state index in [9.17, 15) is 19.2 Å². The van der Waals surface area contributed by atoms with Crippen molar-refractivity contribution in [2.75, 3.05) is 19.7 Å². The molecule has 0 radical (unpaired) electrons. The molecule has 3 heterocycles. The molecule has 1 unspecified atom stereocenters. The average Bonchev–Trinajstić information content (AvgIpc) is 2.82. The second-order valence-corrected chi connectivity index (χ2v) is 6.79. The van der Waals surface area contributed by atoms with Gasteiger partial charge in [-0.05, 0) is 44.0 Å². The number of hydrogen-bond donors (Lipinski definition) is 2. The highest BCUT2D eigenvalue weighted by Crippen LogP contribution is 2.33. The Balaban J connectivity index is 1.54. The van der Waals surface area contributed by atoms with E-state index in [1.807, 2.05) is 0 Å². The minimum Gasteiger partial charge on any atom is -0.493 e. The normalized spacial score (nSPS) is 22.9. The van der Waals surface area contributed by atoms with Crippen LogP contribution in [-0.4, -0.2) is 54.3 Å². The lowest BCUT2D eigenvalue weighted by Gasteiger charge is -2.28. The quantitative estimate of drug-likeness (QED) is 0.723. The van der Waals surface area contributed by atoms with Crippen molar-refractivity contribution >= 4 is 23.6 Å². The molecule has 0 saturated carbocycles. The van der Waals surface area contributed by atoms with E-state index in [1.165, 1.54) is 0 Å². The van der Waals surface area contributed by atoms with Gasteiger partial charge in [0.05, 0.1) is 17.7 Å². The van der Waals surface area contributed by atoms with Crippen LogP contribution in [-0.2, 0) is 9.59 Å². The number of rotatable bonds is 5. The number of carbonyl (C=O) groups excluding carboxylic acids is 4. The van der Waals surface area contributed by atoms with Crippen LogP contribution in [0.5, 0.6) is 5.75 Å². The lowest BCUT2D eigenvalue weighted by Crippen LogP contribution is -2.54. The minimum atomic E-state index is -0.964. The van der Waals surface area contributed by atoms with Crippen LogP contribution in [0.15, 0.2) is 18.2 Å². The summed E-state index contributed by atoms with van der Waals surface area (Å²) in [5.41, 5.74) is 0.441. The van der Waals surface area contributed by atoms with Crippen molar-refractivity contribution in [2.24, 2.45) is 5.92 Å². The zero-order valence-corrected chi connectivity index (χ0v) is 14.1. The maximum atomic E-state index is 12.9. The van der Waals surface area contributed by atoms with Crippen LogP contribution in [0, 0.1) is 5.92 Å². The molecule has 4 rings (SSSR count). The standard InChI is InChI=1S/C18H19N3O5/c22-14-5-4-12(16(23)20-14)21-17(24)11-2-1-3-13(15(11)18(21)25)26-7-6-10-8-19-9-10/h1-3,10,12,19H,4-9H2,(H,20,22,23). The molecular formula is C18H19N3O5. The predicted molar refractivity (Wildman–Crippen MR) is 89.6 cm³/mol. The predicted octanol–water partition coefficient (Wildman–Crippen LogP) is 0.0761. The molecular weight excluding hydrogens is 338 g/mol. The fourth-order valence-corrected chi connectivity index (χ4v) is 3.49. The zero-order valence-electron chi connectivity index (χ0n) is 14.1. The highest BCUT2D eigenvalue weighted by atomic mass is 16.5. The van der Waals surface area contributed by atoms with E-state index in [2.05, 4.69) is 10.6 Å². The SMILES string of the molecule is O=C1CCC(N2C(=O)c3cccc(OCCC4CNC4)c3C2=O)C(=O)N1. The molecule has 4 amide bonds. The summed E-state index contributed by atoms with van der Waals surface area (Å²) in [6, 6.07) is 3.92. The van der Waals surface area contributed by atoms with Gasteiger partial charge >= 0.3 is 0 Å². The summed E-state index contributed by atoms with van der Waals surface area (Å²) in [5.74, 6) is -1.13. The van der Waals surface area contributed by atoms with Gasteiger partial charge in [0.15, 0.2) is 0 Å². The second kappa shape index (κ2) is 6.53. The molecule has 8 nitrogen and oxygen atoms in total. The van der Waals surface area contributed by atoms with E-state index in [-0.39, 0.29) is 24.0 Å². The summed E-state index contributed by atoms with van der Waals surface area (Å²) in [5, 5.41) is 5.38. The third-order valence-corrected chi connectivity index (χ3v) is 5.08. The molecule has 0 aromatic heterocycles. The van der Waals surface area contributed by atoms with E-state index in [1.54, 1.807) is 18.2 Å². The van der Waals surface area contributed by atoms with Gasteiger partial charge < -0.3 is 10.1 Å². The molecule has 2 fully saturated rings. The zero-order chi connectivity index (χ0) is 18.3. The summed E-state index contributed by atoms with van der Waals surface area (Å²) in [6.45, 7) is 2.40. The number of nitrogens with zero attached hydrogens (tertiary/aromatic N) is 1. The van der Waals surface area contributed by atoms with Crippen LogP contribution in [0.25, 0.3) is 0 Å². The molecule has 1 atom stereocenters. The number of benzene rings is 1. The Morgan fingerprint density at radius 1 is 1.12 bits per heavy atom. The van der Waals surface area contributed by atoms with Crippen molar-refractivity contribution in [3.05, 3.63) is 29.3 Å². The first-order valence-electron chi connectivity index (χ1n) is 8.74. The minimum absolute atomic E-state index is 0.0998. The molecule has 3 aliphatic rings. The van der Waals surface area contributed by atoms with Gasteiger partial charge in [0.25, 0.3) is 11.8 Å². The first kappa shape index (κ1) is 16.7. The van der Waals surface area contributed by atoms with Gasteiger partial charge in [-0.3, -0.25) is 29.4 Å². The van der Waals surface area contributed by atoms with E-state index in [4.69, 9.17) is 4.74 Å². The third kappa shape index (κ3) is 2.76. The molecule has 3 aliphatic heterocycles. The Hall–Kier alpha value is -2.74. The third-order valence-electron chi connectivity index (χ3n) is 5.08. The largest absolute Gasteiger partial charge is 0.493 e. The first-order valence-corrected chi connectivity index (χ1v) is 8.74. The van der Waals surface area contributed by atoms with Crippen molar-refractivity contribution in [2.45, 2.75) is 25.3 Å². The van der Waals surface area contributed by atoms with Crippen LogP contribution in [0.2, 0.25) is 0 Å². The summed E-state index contributed by atoms with van der Waals surface area (Å²) >= 11 is 0. The van der Waals surface area contributed by atoms with Crippen LogP contribution in [0.1, 0.15) is 40.0 Å². The maximum absolute atomic E-state index is 12.9. The molecule has 1 aromatic rings. The number of nitrogens with one attached hydrogen (secondary N) is 2. The molecule has 2 N–H and O–H groups in total. The summed E-state index contributed by atoms with van der Waals surface area (Å²) in [4.78, 5) is 49.9. The number of piperidine rings is 1. The fraction of sp³-hybridized carbons (Fsp3) is 0.444. The molecule has 0 aliphatic carbocycles. The van der Waals surface area contributed by atoms with Crippen LogP contribution in [0.3, 0.4) is 0 Å². The number of imide groups is 2. The lowest BCUT2D eigenvalue weighted by atomic mass is 10.0. The van der Waals surface area contributed by atoms with E-state index in [0.29, 0.717) is 18.3 Å². The molecule has 26 heavy (non-hydrogen) atoms. The van der Waals surface area contributed by atoms with Gasteiger partial charge in [0.2, 0.25) is 11.8 Å². The van der Waals surface area contributed by atoms with E-state index >= 15 is 0 Å². The number of hydrogen-bond acceptors (Lipinski definition) is 6. The van der Waals surface area contributed by atoms with Crippen LogP contribution in [0.4, 0.5) is 0 Å². The van der Waals surface area contributed by atoms with E-state index in [0.717, 1.165) is 24.4 Å². The van der Waals surface area contributed by atoms with Crippen molar-refractivity contribution in [3.8, 4) is 5.75 Å². The monoisotopic (exact) mass is 357 g/mol. The highest BCUT2D eigenvalue weighted by Gasteiger charge is 2.45. The van der Waals surface area contributed by atoms with Crippen molar-refractivity contribution < 1.29 is 23.9 Å². The molecule has 136 valence electrons. The number of carbonyl (C=O) groups is 4. The summed E-state index contributed by atoms with van der Waals surface area (Å²) < 4.78 is 5.77. The van der Waals surface area contributed by atoms with Gasteiger partial charge in [0.1, 0.15) is 11.8 Å². The van der Waals surface area contributed by atoms with E-state index < -0.39 is 29.7 Å². The Labute approximate surface area is 149 Å². The molecule has 1 aromatic carbocycles. The van der Waals surface area contributed by atoms with Crippen molar-refractivity contribution in [1.29, 1.82) is 0 Å². The van der Waals surface area contributed by atoms with Crippen LogP contribution >= 0.6 is 0 Å². The van der Waals surface area contributed by atoms with Gasteiger partial charge in [0, 0.05) is 6.42 Å². The first-order chi connectivity index (χ1) is 12.6. The fourth-order valence-electron chi connectivity index (χ4n) is 3.49. The van der Waals surface area contributed by atoms with Crippen LogP contribution < -0.4 is 15.4 Å². The topological polar surface area (TPSA) is 105 Å². The highest BCUT2D eigenvalue weighted by molar-refractivity contribution is 6.24. The second-order valence-electron chi connectivity index (χ2n) is 6.79. The Morgan fingerprint density at radius 3 is 2.62 bits per heavy atom. The number of fused-ring (bicyclic) bond motifs is 1. The Kier molecular flexibility index (Phi) is 4.20. The summed E-state index contributed by atoms with van der Waals surface area (Å²) in [6.07, 6.45) is 1.11. The molecule has 0 bridgehead atoms.